The average Bonchev–Trinajstić information content (AvgIpc) is 3.31. The lowest BCUT2D eigenvalue weighted by Crippen LogP contribution is -2.16. The van der Waals surface area contributed by atoms with E-state index in [9.17, 15) is 13.2 Å². The van der Waals surface area contributed by atoms with Gasteiger partial charge in [0.1, 0.15) is 10.6 Å². The van der Waals surface area contributed by atoms with Crippen LogP contribution in [0, 0.1) is 0 Å². The highest BCUT2D eigenvalue weighted by Gasteiger charge is 2.22. The van der Waals surface area contributed by atoms with E-state index in [-0.39, 0.29) is 15.5 Å². The minimum Gasteiger partial charge on any atom is -0.494 e. The third-order valence-corrected chi connectivity index (χ3v) is 7.65. The first-order valence-corrected chi connectivity index (χ1v) is 12.4. The van der Waals surface area contributed by atoms with Crippen LogP contribution in [0.4, 0.5) is 10.8 Å². The van der Waals surface area contributed by atoms with E-state index in [2.05, 4.69) is 15.0 Å². The maximum absolute atomic E-state index is 12.9. The third-order valence-electron chi connectivity index (χ3n) is 4.72. The second-order valence-corrected chi connectivity index (χ2v) is 10.0. The number of carbonyl (C=O) groups is 1. The molecule has 0 fully saturated rings. The molecule has 1 aliphatic carbocycles. The predicted molar refractivity (Wildman–Crippen MR) is 122 cm³/mol. The molecule has 1 aliphatic rings. The fourth-order valence-electron chi connectivity index (χ4n) is 3.26. The Hall–Kier alpha value is -2.62. The van der Waals surface area contributed by atoms with Gasteiger partial charge in [0.05, 0.1) is 17.3 Å². The number of aromatic nitrogens is 1. The van der Waals surface area contributed by atoms with E-state index >= 15 is 0 Å². The number of nitrogens with zero attached hydrogens (tertiary/aromatic N) is 1. The van der Waals surface area contributed by atoms with Gasteiger partial charge in [-0.3, -0.25) is 14.8 Å². The zero-order chi connectivity index (χ0) is 22.0. The molecule has 31 heavy (non-hydrogen) atoms. The monoisotopic (exact) mass is 477 g/mol. The summed E-state index contributed by atoms with van der Waals surface area (Å²) in [5, 5.41) is 3.28. The molecule has 0 atom stereocenters. The minimum atomic E-state index is -4.01. The first-order chi connectivity index (χ1) is 14.9. The van der Waals surface area contributed by atoms with E-state index in [1.54, 1.807) is 24.3 Å². The van der Waals surface area contributed by atoms with E-state index in [1.807, 2.05) is 6.92 Å². The molecule has 0 unspecified atom stereocenters. The minimum absolute atomic E-state index is 0.0169. The molecular formula is C21H20ClN3O4S2. The second kappa shape index (κ2) is 8.86. The number of rotatable bonds is 7. The zero-order valence-corrected chi connectivity index (χ0v) is 19.0. The number of benzene rings is 2. The Morgan fingerprint density at radius 2 is 1.97 bits per heavy atom. The van der Waals surface area contributed by atoms with Crippen LogP contribution in [-0.4, -0.2) is 25.9 Å². The number of carbonyl (C=O) groups excluding carboxylic acids is 1. The van der Waals surface area contributed by atoms with E-state index in [4.69, 9.17) is 16.3 Å². The number of aryl methyl sites for hydroxylation is 2. The highest BCUT2D eigenvalue weighted by molar-refractivity contribution is 7.92. The summed E-state index contributed by atoms with van der Waals surface area (Å²) in [7, 11) is -4.01. The molecule has 2 N–H and O–H groups in total. The number of sulfonamides is 1. The lowest BCUT2D eigenvalue weighted by atomic mass is 10.2. The Bertz CT molecular complexity index is 1200. The van der Waals surface area contributed by atoms with Gasteiger partial charge >= 0.3 is 0 Å². The van der Waals surface area contributed by atoms with Gasteiger partial charge in [-0.2, -0.15) is 0 Å². The normalized spacial score (nSPS) is 13.0. The van der Waals surface area contributed by atoms with E-state index in [0.717, 1.165) is 25.0 Å². The van der Waals surface area contributed by atoms with Gasteiger partial charge in [-0.25, -0.2) is 13.4 Å². The van der Waals surface area contributed by atoms with Crippen LogP contribution in [0.15, 0.2) is 47.4 Å². The summed E-state index contributed by atoms with van der Waals surface area (Å²) < 4.78 is 33.6. The SMILES string of the molecule is CCOc1ccc(NS(=O)(=O)c2cc(C(=O)Nc3nc4c(s3)CCC4)ccc2Cl)cc1. The number of hydrogen-bond acceptors (Lipinski definition) is 6. The van der Waals surface area contributed by atoms with Crippen molar-refractivity contribution in [2.24, 2.45) is 0 Å². The molecule has 2 aromatic carbocycles. The van der Waals surface area contributed by atoms with Gasteiger partial charge in [0.15, 0.2) is 5.13 Å². The van der Waals surface area contributed by atoms with E-state index < -0.39 is 15.9 Å². The number of amides is 1. The lowest BCUT2D eigenvalue weighted by molar-refractivity contribution is 0.102. The lowest BCUT2D eigenvalue weighted by Gasteiger charge is -2.12. The first kappa shape index (κ1) is 21.6. The Balaban J connectivity index is 1.53. The van der Waals surface area contributed by atoms with Crippen LogP contribution in [0.1, 0.15) is 34.3 Å². The Labute approximate surface area is 189 Å². The van der Waals surface area contributed by atoms with Crippen molar-refractivity contribution in [1.82, 2.24) is 4.98 Å². The Morgan fingerprint density at radius 1 is 1.19 bits per heavy atom. The molecule has 0 saturated heterocycles. The van der Waals surface area contributed by atoms with Crippen LogP contribution in [-0.2, 0) is 22.9 Å². The Morgan fingerprint density at radius 3 is 2.68 bits per heavy atom. The summed E-state index contributed by atoms with van der Waals surface area (Å²) in [5.41, 5.74) is 1.55. The van der Waals surface area contributed by atoms with Crippen molar-refractivity contribution in [2.45, 2.75) is 31.1 Å². The fourth-order valence-corrected chi connectivity index (χ4v) is 5.89. The van der Waals surface area contributed by atoms with Crippen molar-refractivity contribution in [3.8, 4) is 5.75 Å². The van der Waals surface area contributed by atoms with Crippen LogP contribution >= 0.6 is 22.9 Å². The smallest absolute Gasteiger partial charge is 0.263 e. The zero-order valence-electron chi connectivity index (χ0n) is 16.6. The maximum atomic E-state index is 12.9. The summed E-state index contributed by atoms with van der Waals surface area (Å²) in [4.78, 5) is 18.1. The van der Waals surface area contributed by atoms with Crippen molar-refractivity contribution in [1.29, 1.82) is 0 Å². The summed E-state index contributed by atoms with van der Waals surface area (Å²) >= 11 is 7.60. The molecule has 0 radical (unpaired) electrons. The van der Waals surface area contributed by atoms with Crippen LogP contribution in [0.5, 0.6) is 5.75 Å². The largest absolute Gasteiger partial charge is 0.494 e. The highest BCUT2D eigenvalue weighted by atomic mass is 35.5. The molecule has 162 valence electrons. The first-order valence-electron chi connectivity index (χ1n) is 9.71. The molecule has 3 aromatic rings. The number of ether oxygens (including phenoxy) is 1. The van der Waals surface area contributed by atoms with E-state index in [0.29, 0.717) is 23.2 Å². The summed E-state index contributed by atoms with van der Waals surface area (Å²) in [5.74, 6) is 0.192. The van der Waals surface area contributed by atoms with Crippen molar-refractivity contribution >= 4 is 49.7 Å². The molecule has 7 nitrogen and oxygen atoms in total. The summed E-state index contributed by atoms with van der Waals surface area (Å²) in [6, 6.07) is 10.6. The van der Waals surface area contributed by atoms with Gasteiger partial charge < -0.3 is 4.74 Å². The Kier molecular flexibility index (Phi) is 6.17. The van der Waals surface area contributed by atoms with Gasteiger partial charge in [0.2, 0.25) is 0 Å². The molecule has 0 spiro atoms. The second-order valence-electron chi connectivity index (χ2n) is 6.90. The number of hydrogen-bond donors (Lipinski definition) is 2. The third kappa shape index (κ3) is 4.84. The molecule has 1 aromatic heterocycles. The summed E-state index contributed by atoms with van der Waals surface area (Å²) in [6.07, 6.45) is 2.98. The topological polar surface area (TPSA) is 97.4 Å². The fraction of sp³-hybridized carbons (Fsp3) is 0.238. The van der Waals surface area contributed by atoms with Crippen molar-refractivity contribution in [3.63, 3.8) is 0 Å². The number of anilines is 2. The number of fused-ring (bicyclic) bond motifs is 1. The van der Waals surface area contributed by atoms with E-state index in [1.165, 1.54) is 34.4 Å². The average molecular weight is 478 g/mol. The molecule has 0 bridgehead atoms. The van der Waals surface area contributed by atoms with Crippen LogP contribution < -0.4 is 14.8 Å². The maximum Gasteiger partial charge on any atom is 0.263 e. The van der Waals surface area contributed by atoms with Crippen LogP contribution in [0.25, 0.3) is 0 Å². The van der Waals surface area contributed by atoms with Crippen LogP contribution in [0.2, 0.25) is 5.02 Å². The van der Waals surface area contributed by atoms with Gasteiger partial charge in [-0.1, -0.05) is 11.6 Å². The van der Waals surface area contributed by atoms with Crippen molar-refractivity contribution in [3.05, 3.63) is 63.6 Å². The predicted octanol–water partition coefficient (Wildman–Crippen LogP) is 4.74. The van der Waals surface area contributed by atoms with Crippen molar-refractivity contribution < 1.29 is 17.9 Å². The van der Waals surface area contributed by atoms with Gasteiger partial charge in [0.25, 0.3) is 15.9 Å². The molecule has 0 aliphatic heterocycles. The van der Waals surface area contributed by atoms with Crippen molar-refractivity contribution in [2.75, 3.05) is 16.6 Å². The molecular weight excluding hydrogens is 458 g/mol. The van der Waals surface area contributed by atoms with Crippen LogP contribution in [0.3, 0.4) is 0 Å². The highest BCUT2D eigenvalue weighted by Crippen LogP contribution is 2.31. The molecule has 1 heterocycles. The number of thiazole rings is 1. The number of nitrogens with one attached hydrogen (secondary N) is 2. The molecule has 0 saturated carbocycles. The number of halogens is 1. The summed E-state index contributed by atoms with van der Waals surface area (Å²) in [6.45, 7) is 2.38. The quantitative estimate of drug-likeness (QED) is 0.512. The standard InChI is InChI=1S/C21H20ClN3O4S2/c1-2-29-15-9-7-14(8-10-15)25-31(27,28)19-12-13(6-11-16(19)22)20(26)24-21-23-17-4-3-5-18(17)30-21/h6-12,25H,2-5H2,1H3,(H,23,24,26). The molecule has 4 rings (SSSR count). The van der Waals surface area contributed by atoms with Gasteiger partial charge in [-0.05, 0) is 68.7 Å². The molecule has 10 heteroatoms. The van der Waals surface area contributed by atoms with Gasteiger partial charge in [0, 0.05) is 16.1 Å². The van der Waals surface area contributed by atoms with Gasteiger partial charge in [-0.15, -0.1) is 11.3 Å². The molecule has 1 amide bonds.